The standard InChI is InChI=1S/C21H30N2O2/c1-4-24-21-14-18(15-23-12-6-11-22-3)9-10-20(21)25-16-19-8-5-7-17(2)13-19/h5,7-10,13-14,22-23H,4,6,11-12,15-16H2,1-3H3. The van der Waals surface area contributed by atoms with Gasteiger partial charge in [-0.25, -0.2) is 0 Å². The molecule has 2 aromatic carbocycles. The van der Waals surface area contributed by atoms with Crippen LogP contribution in [0.4, 0.5) is 0 Å². The molecule has 0 fully saturated rings. The largest absolute Gasteiger partial charge is 0.490 e. The zero-order valence-corrected chi connectivity index (χ0v) is 15.6. The second-order valence-corrected chi connectivity index (χ2v) is 6.13. The van der Waals surface area contributed by atoms with Crippen LogP contribution in [0.5, 0.6) is 11.5 Å². The van der Waals surface area contributed by atoms with Crippen molar-refractivity contribution in [2.45, 2.75) is 33.4 Å². The van der Waals surface area contributed by atoms with Crippen LogP contribution < -0.4 is 20.1 Å². The highest BCUT2D eigenvalue weighted by Crippen LogP contribution is 2.29. The topological polar surface area (TPSA) is 42.5 Å². The van der Waals surface area contributed by atoms with Crippen molar-refractivity contribution in [3.05, 3.63) is 59.2 Å². The molecule has 0 aliphatic heterocycles. The Morgan fingerprint density at radius 1 is 0.920 bits per heavy atom. The predicted octanol–water partition coefficient (Wildman–Crippen LogP) is 3.67. The molecule has 0 saturated heterocycles. The Hall–Kier alpha value is -2.04. The summed E-state index contributed by atoms with van der Waals surface area (Å²) in [6.45, 7) is 8.12. The summed E-state index contributed by atoms with van der Waals surface area (Å²) >= 11 is 0. The highest BCUT2D eigenvalue weighted by molar-refractivity contribution is 5.43. The van der Waals surface area contributed by atoms with Gasteiger partial charge in [0.05, 0.1) is 6.61 Å². The Balaban J connectivity index is 1.95. The first-order valence-corrected chi connectivity index (χ1v) is 9.02. The van der Waals surface area contributed by atoms with Gasteiger partial charge in [0.25, 0.3) is 0 Å². The smallest absolute Gasteiger partial charge is 0.161 e. The molecular formula is C21H30N2O2. The SMILES string of the molecule is CCOc1cc(CNCCCNC)ccc1OCc1cccc(C)c1. The second kappa shape index (κ2) is 10.7. The molecule has 0 aromatic heterocycles. The molecule has 0 saturated carbocycles. The van der Waals surface area contributed by atoms with Crippen molar-refractivity contribution in [1.29, 1.82) is 0 Å². The molecule has 0 bridgehead atoms. The van der Waals surface area contributed by atoms with E-state index in [1.807, 2.05) is 20.0 Å². The Morgan fingerprint density at radius 3 is 2.56 bits per heavy atom. The van der Waals surface area contributed by atoms with Gasteiger partial charge in [-0.1, -0.05) is 35.9 Å². The number of aryl methyl sites for hydroxylation is 1. The van der Waals surface area contributed by atoms with Gasteiger partial charge < -0.3 is 20.1 Å². The van der Waals surface area contributed by atoms with Gasteiger partial charge >= 0.3 is 0 Å². The predicted molar refractivity (Wildman–Crippen MR) is 103 cm³/mol. The maximum atomic E-state index is 5.99. The second-order valence-electron chi connectivity index (χ2n) is 6.13. The molecule has 2 N–H and O–H groups in total. The summed E-state index contributed by atoms with van der Waals surface area (Å²) in [6.07, 6.45) is 1.12. The van der Waals surface area contributed by atoms with Gasteiger partial charge in [-0.05, 0) is 63.7 Å². The Kier molecular flexibility index (Phi) is 8.29. The summed E-state index contributed by atoms with van der Waals surface area (Å²) in [5, 5.41) is 6.61. The maximum Gasteiger partial charge on any atom is 0.161 e. The quantitative estimate of drug-likeness (QED) is 0.612. The first kappa shape index (κ1) is 19.3. The first-order chi connectivity index (χ1) is 12.2. The van der Waals surface area contributed by atoms with E-state index in [-0.39, 0.29) is 0 Å². The summed E-state index contributed by atoms with van der Waals surface area (Å²) in [5.74, 6) is 1.60. The summed E-state index contributed by atoms with van der Waals surface area (Å²) < 4.78 is 11.8. The van der Waals surface area contributed by atoms with E-state index in [1.165, 1.54) is 11.1 Å². The van der Waals surface area contributed by atoms with E-state index in [4.69, 9.17) is 9.47 Å². The van der Waals surface area contributed by atoms with Crippen molar-refractivity contribution in [3.63, 3.8) is 0 Å². The van der Waals surface area contributed by atoms with E-state index >= 15 is 0 Å². The molecule has 2 aromatic rings. The van der Waals surface area contributed by atoms with Gasteiger partial charge in [0, 0.05) is 6.54 Å². The fourth-order valence-corrected chi connectivity index (χ4v) is 2.64. The van der Waals surface area contributed by atoms with Crippen LogP contribution in [0.15, 0.2) is 42.5 Å². The van der Waals surface area contributed by atoms with Crippen molar-refractivity contribution in [3.8, 4) is 11.5 Å². The minimum Gasteiger partial charge on any atom is -0.490 e. The van der Waals surface area contributed by atoms with Gasteiger partial charge in [0.2, 0.25) is 0 Å². The van der Waals surface area contributed by atoms with E-state index in [2.05, 4.69) is 54.0 Å². The van der Waals surface area contributed by atoms with Gasteiger partial charge in [-0.2, -0.15) is 0 Å². The Bertz CT molecular complexity index is 644. The lowest BCUT2D eigenvalue weighted by Gasteiger charge is -2.14. The van der Waals surface area contributed by atoms with E-state index < -0.39 is 0 Å². The van der Waals surface area contributed by atoms with Gasteiger partial charge in [0.15, 0.2) is 11.5 Å². The van der Waals surface area contributed by atoms with E-state index in [0.717, 1.165) is 43.1 Å². The molecule has 0 heterocycles. The van der Waals surface area contributed by atoms with Gasteiger partial charge in [0.1, 0.15) is 6.61 Å². The number of hydrogen-bond donors (Lipinski definition) is 2. The number of ether oxygens (including phenoxy) is 2. The number of nitrogens with one attached hydrogen (secondary N) is 2. The fraction of sp³-hybridized carbons (Fsp3) is 0.429. The molecule has 0 radical (unpaired) electrons. The molecule has 136 valence electrons. The van der Waals surface area contributed by atoms with Crippen molar-refractivity contribution in [1.82, 2.24) is 10.6 Å². The summed E-state index contributed by atoms with van der Waals surface area (Å²) in [7, 11) is 1.98. The van der Waals surface area contributed by atoms with Crippen molar-refractivity contribution in [2.24, 2.45) is 0 Å². The normalized spacial score (nSPS) is 10.7. The maximum absolute atomic E-state index is 5.99. The molecule has 0 aliphatic carbocycles. The van der Waals surface area contributed by atoms with Crippen LogP contribution in [0.25, 0.3) is 0 Å². The highest BCUT2D eigenvalue weighted by atomic mass is 16.5. The third-order valence-electron chi connectivity index (χ3n) is 3.89. The molecule has 0 aliphatic rings. The van der Waals surface area contributed by atoms with Crippen LogP contribution in [-0.2, 0) is 13.2 Å². The highest BCUT2D eigenvalue weighted by Gasteiger charge is 2.07. The molecule has 0 amide bonds. The van der Waals surface area contributed by atoms with Crippen LogP contribution in [0.1, 0.15) is 30.0 Å². The van der Waals surface area contributed by atoms with Gasteiger partial charge in [-0.3, -0.25) is 0 Å². The number of benzene rings is 2. The van der Waals surface area contributed by atoms with Crippen molar-refractivity contribution < 1.29 is 9.47 Å². The van der Waals surface area contributed by atoms with Crippen LogP contribution in [0.3, 0.4) is 0 Å². The molecule has 0 spiro atoms. The van der Waals surface area contributed by atoms with E-state index in [0.29, 0.717) is 13.2 Å². The molecule has 2 rings (SSSR count). The number of rotatable bonds is 11. The average molecular weight is 342 g/mol. The summed E-state index contributed by atoms with van der Waals surface area (Å²) in [5.41, 5.74) is 3.61. The Morgan fingerprint density at radius 2 is 1.80 bits per heavy atom. The molecule has 25 heavy (non-hydrogen) atoms. The molecule has 0 unspecified atom stereocenters. The first-order valence-electron chi connectivity index (χ1n) is 9.02. The molecule has 4 heteroatoms. The van der Waals surface area contributed by atoms with Crippen LogP contribution in [0, 0.1) is 6.92 Å². The van der Waals surface area contributed by atoms with Crippen molar-refractivity contribution >= 4 is 0 Å². The third-order valence-corrected chi connectivity index (χ3v) is 3.89. The third kappa shape index (κ3) is 6.77. The minimum absolute atomic E-state index is 0.545. The van der Waals surface area contributed by atoms with E-state index in [9.17, 15) is 0 Å². The van der Waals surface area contributed by atoms with Crippen LogP contribution >= 0.6 is 0 Å². The van der Waals surface area contributed by atoms with Crippen molar-refractivity contribution in [2.75, 3.05) is 26.7 Å². The zero-order chi connectivity index (χ0) is 17.9. The summed E-state index contributed by atoms with van der Waals surface area (Å²) in [6, 6.07) is 14.5. The lowest BCUT2D eigenvalue weighted by Crippen LogP contribution is -2.19. The monoisotopic (exact) mass is 342 g/mol. The van der Waals surface area contributed by atoms with E-state index in [1.54, 1.807) is 0 Å². The average Bonchev–Trinajstić information content (AvgIpc) is 2.61. The minimum atomic E-state index is 0.545. The molecule has 0 atom stereocenters. The molecular weight excluding hydrogens is 312 g/mol. The fourth-order valence-electron chi connectivity index (χ4n) is 2.64. The zero-order valence-electron chi connectivity index (χ0n) is 15.6. The summed E-state index contributed by atoms with van der Waals surface area (Å²) in [4.78, 5) is 0. The number of hydrogen-bond acceptors (Lipinski definition) is 4. The molecule has 4 nitrogen and oxygen atoms in total. The van der Waals surface area contributed by atoms with Crippen LogP contribution in [-0.4, -0.2) is 26.7 Å². The van der Waals surface area contributed by atoms with Crippen LogP contribution in [0.2, 0.25) is 0 Å². The lowest BCUT2D eigenvalue weighted by molar-refractivity contribution is 0.269. The Labute approximate surface area is 151 Å². The van der Waals surface area contributed by atoms with Gasteiger partial charge in [-0.15, -0.1) is 0 Å². The lowest BCUT2D eigenvalue weighted by atomic mass is 10.1.